The highest BCUT2D eigenvalue weighted by molar-refractivity contribution is 5.95. The number of carbonyl (C=O) groups excluding carboxylic acids is 1. The van der Waals surface area contributed by atoms with Crippen molar-refractivity contribution in [2.45, 2.75) is 45.2 Å². The van der Waals surface area contributed by atoms with Crippen molar-refractivity contribution in [3.63, 3.8) is 0 Å². The lowest BCUT2D eigenvalue weighted by Gasteiger charge is -2.39. The van der Waals surface area contributed by atoms with Gasteiger partial charge in [-0.25, -0.2) is 0 Å². The summed E-state index contributed by atoms with van der Waals surface area (Å²) in [6, 6.07) is 4.67. The summed E-state index contributed by atoms with van der Waals surface area (Å²) >= 11 is 0. The monoisotopic (exact) mass is 292 g/mol. The molecular formula is C15H20N2O4. The summed E-state index contributed by atoms with van der Waals surface area (Å²) in [5.41, 5.74) is 0.156. The molecule has 0 radical (unpaired) electrons. The number of nitrogens with zero attached hydrogens (tertiary/aromatic N) is 2. The van der Waals surface area contributed by atoms with Gasteiger partial charge in [-0.3, -0.25) is 14.9 Å². The topological polar surface area (TPSA) is 72.7 Å². The fourth-order valence-corrected chi connectivity index (χ4v) is 2.94. The molecule has 1 aromatic carbocycles. The van der Waals surface area contributed by atoms with E-state index in [-0.39, 0.29) is 29.4 Å². The van der Waals surface area contributed by atoms with Crippen LogP contribution >= 0.6 is 0 Å². The van der Waals surface area contributed by atoms with Gasteiger partial charge in [-0.2, -0.15) is 0 Å². The standard InChI is InChI=1S/C15H20N2O4/c1-10-5-4-6-11(2)16(10)15(18)12-7-8-14(21-3)13(9-12)17(19)20/h7-11H,4-6H2,1-3H3/t10-,11-/m0/s1. The van der Waals surface area contributed by atoms with Crippen LogP contribution in [0.5, 0.6) is 5.75 Å². The van der Waals surface area contributed by atoms with E-state index in [0.717, 1.165) is 19.3 Å². The van der Waals surface area contributed by atoms with Crippen LogP contribution in [0.2, 0.25) is 0 Å². The summed E-state index contributed by atoms with van der Waals surface area (Å²) in [5.74, 6) is 0.0109. The van der Waals surface area contributed by atoms with Crippen LogP contribution < -0.4 is 4.74 Å². The molecule has 1 aromatic rings. The van der Waals surface area contributed by atoms with Crippen LogP contribution in [-0.2, 0) is 0 Å². The third kappa shape index (κ3) is 2.99. The first-order valence-electron chi connectivity index (χ1n) is 7.10. The Balaban J connectivity index is 2.34. The number of likely N-dealkylation sites (tertiary alicyclic amines) is 1. The van der Waals surface area contributed by atoms with Crippen LogP contribution in [0.4, 0.5) is 5.69 Å². The van der Waals surface area contributed by atoms with E-state index in [1.165, 1.54) is 19.2 Å². The molecule has 1 amide bonds. The second-order valence-electron chi connectivity index (χ2n) is 5.49. The molecule has 1 heterocycles. The molecular weight excluding hydrogens is 272 g/mol. The van der Waals surface area contributed by atoms with E-state index >= 15 is 0 Å². The molecule has 1 aliphatic rings. The fourth-order valence-electron chi connectivity index (χ4n) is 2.94. The molecule has 0 N–H and O–H groups in total. The maximum Gasteiger partial charge on any atom is 0.311 e. The number of rotatable bonds is 3. The molecule has 0 saturated carbocycles. The van der Waals surface area contributed by atoms with Crippen molar-refractivity contribution in [1.29, 1.82) is 0 Å². The van der Waals surface area contributed by atoms with E-state index in [4.69, 9.17) is 4.74 Å². The van der Waals surface area contributed by atoms with Crippen LogP contribution in [0, 0.1) is 10.1 Å². The Labute approximate surface area is 123 Å². The van der Waals surface area contributed by atoms with Crippen LogP contribution in [0.3, 0.4) is 0 Å². The summed E-state index contributed by atoms with van der Waals surface area (Å²) < 4.78 is 4.96. The maximum absolute atomic E-state index is 12.7. The van der Waals surface area contributed by atoms with Crippen LogP contribution in [0.1, 0.15) is 43.5 Å². The van der Waals surface area contributed by atoms with Gasteiger partial charge in [-0.05, 0) is 45.2 Å². The van der Waals surface area contributed by atoms with Crippen molar-refractivity contribution in [3.8, 4) is 5.75 Å². The minimum atomic E-state index is -0.529. The SMILES string of the molecule is COc1ccc(C(=O)N2[C@@H](C)CCC[C@@H]2C)cc1[N+](=O)[O-]. The predicted molar refractivity (Wildman–Crippen MR) is 78.6 cm³/mol. The van der Waals surface area contributed by atoms with Crippen molar-refractivity contribution in [2.75, 3.05) is 7.11 Å². The van der Waals surface area contributed by atoms with E-state index in [2.05, 4.69) is 0 Å². The van der Waals surface area contributed by atoms with Gasteiger partial charge in [0.25, 0.3) is 5.91 Å². The summed E-state index contributed by atoms with van der Waals surface area (Å²) in [5, 5.41) is 11.1. The van der Waals surface area contributed by atoms with Gasteiger partial charge in [0.15, 0.2) is 5.75 Å². The predicted octanol–water partition coefficient (Wildman–Crippen LogP) is 3.01. The highest BCUT2D eigenvalue weighted by Crippen LogP contribution is 2.30. The molecule has 6 nitrogen and oxygen atoms in total. The Morgan fingerprint density at radius 2 is 1.95 bits per heavy atom. The molecule has 2 atom stereocenters. The van der Waals surface area contributed by atoms with Crippen molar-refractivity contribution in [1.82, 2.24) is 4.90 Å². The zero-order valence-corrected chi connectivity index (χ0v) is 12.5. The third-order valence-corrected chi connectivity index (χ3v) is 4.05. The Morgan fingerprint density at radius 1 is 1.33 bits per heavy atom. The van der Waals surface area contributed by atoms with Crippen LogP contribution in [-0.4, -0.2) is 34.9 Å². The second kappa shape index (κ2) is 6.11. The van der Waals surface area contributed by atoms with Gasteiger partial charge in [0.1, 0.15) is 0 Å². The molecule has 0 aromatic heterocycles. The highest BCUT2D eigenvalue weighted by Gasteiger charge is 2.30. The van der Waals surface area contributed by atoms with Gasteiger partial charge in [0, 0.05) is 23.7 Å². The average molecular weight is 292 g/mol. The lowest BCUT2D eigenvalue weighted by atomic mass is 9.96. The maximum atomic E-state index is 12.7. The highest BCUT2D eigenvalue weighted by atomic mass is 16.6. The zero-order valence-electron chi connectivity index (χ0n) is 12.5. The Kier molecular flexibility index (Phi) is 4.45. The van der Waals surface area contributed by atoms with Crippen molar-refractivity contribution in [3.05, 3.63) is 33.9 Å². The Hall–Kier alpha value is -2.11. The molecule has 0 aliphatic carbocycles. The Morgan fingerprint density at radius 3 is 2.48 bits per heavy atom. The number of nitro benzene ring substituents is 1. The molecule has 2 rings (SSSR count). The molecule has 1 saturated heterocycles. The van der Waals surface area contributed by atoms with Gasteiger partial charge in [-0.1, -0.05) is 0 Å². The summed E-state index contributed by atoms with van der Waals surface area (Å²) in [4.78, 5) is 25.0. The lowest BCUT2D eigenvalue weighted by molar-refractivity contribution is -0.385. The first kappa shape index (κ1) is 15.3. The first-order chi connectivity index (χ1) is 9.95. The number of nitro groups is 1. The van der Waals surface area contributed by atoms with E-state index in [1.807, 2.05) is 18.7 Å². The van der Waals surface area contributed by atoms with E-state index in [9.17, 15) is 14.9 Å². The summed E-state index contributed by atoms with van der Waals surface area (Å²) in [6.45, 7) is 4.04. The molecule has 0 bridgehead atoms. The first-order valence-corrected chi connectivity index (χ1v) is 7.10. The average Bonchev–Trinajstić information content (AvgIpc) is 2.46. The van der Waals surface area contributed by atoms with Gasteiger partial charge >= 0.3 is 5.69 Å². The number of hydrogen-bond donors (Lipinski definition) is 0. The molecule has 0 unspecified atom stereocenters. The molecule has 1 aliphatic heterocycles. The van der Waals surface area contributed by atoms with Crippen molar-refractivity contribution in [2.24, 2.45) is 0 Å². The van der Waals surface area contributed by atoms with Crippen molar-refractivity contribution >= 4 is 11.6 Å². The molecule has 6 heteroatoms. The second-order valence-corrected chi connectivity index (χ2v) is 5.49. The Bertz CT molecular complexity index is 549. The number of benzene rings is 1. The molecule has 114 valence electrons. The van der Waals surface area contributed by atoms with Gasteiger partial charge in [0.05, 0.1) is 12.0 Å². The number of ether oxygens (including phenoxy) is 1. The molecule has 21 heavy (non-hydrogen) atoms. The van der Waals surface area contributed by atoms with E-state index < -0.39 is 4.92 Å². The third-order valence-electron chi connectivity index (χ3n) is 4.05. The number of piperidine rings is 1. The minimum absolute atomic E-state index is 0.152. The van der Waals surface area contributed by atoms with E-state index in [1.54, 1.807) is 6.07 Å². The van der Waals surface area contributed by atoms with E-state index in [0.29, 0.717) is 5.56 Å². The number of methoxy groups -OCH3 is 1. The molecule has 1 fully saturated rings. The van der Waals surface area contributed by atoms with Gasteiger partial charge in [-0.15, -0.1) is 0 Å². The van der Waals surface area contributed by atoms with Gasteiger partial charge < -0.3 is 9.64 Å². The summed E-state index contributed by atoms with van der Waals surface area (Å²) in [7, 11) is 1.37. The van der Waals surface area contributed by atoms with Crippen LogP contribution in [0.15, 0.2) is 18.2 Å². The minimum Gasteiger partial charge on any atom is -0.490 e. The number of hydrogen-bond acceptors (Lipinski definition) is 4. The number of amides is 1. The fraction of sp³-hybridized carbons (Fsp3) is 0.533. The smallest absolute Gasteiger partial charge is 0.311 e. The lowest BCUT2D eigenvalue weighted by Crippen LogP contribution is -2.47. The summed E-state index contributed by atoms with van der Waals surface area (Å²) in [6.07, 6.45) is 3.04. The zero-order chi connectivity index (χ0) is 15.6. The molecule has 0 spiro atoms. The van der Waals surface area contributed by atoms with Crippen LogP contribution in [0.25, 0.3) is 0 Å². The van der Waals surface area contributed by atoms with Gasteiger partial charge in [0.2, 0.25) is 0 Å². The quantitative estimate of drug-likeness (QED) is 0.634. The largest absolute Gasteiger partial charge is 0.490 e. The number of carbonyl (C=O) groups is 1. The normalized spacial score (nSPS) is 22.0. The van der Waals surface area contributed by atoms with Crippen molar-refractivity contribution < 1.29 is 14.5 Å².